The summed E-state index contributed by atoms with van der Waals surface area (Å²) >= 11 is 0. The normalized spacial score (nSPS) is 20.8. The van der Waals surface area contributed by atoms with Gasteiger partial charge >= 0.3 is 0 Å². The molecule has 1 fully saturated rings. The molecule has 1 aromatic heterocycles. The van der Waals surface area contributed by atoms with Crippen molar-refractivity contribution in [2.75, 3.05) is 13.1 Å². The molecule has 1 aliphatic carbocycles. The highest BCUT2D eigenvalue weighted by Gasteiger charge is 2.27. The van der Waals surface area contributed by atoms with E-state index in [1.54, 1.807) is 12.1 Å². The zero-order chi connectivity index (χ0) is 16.5. The SMILES string of the molecule is N#Cc1cc(CN2CCC(n3cnc4c3CCCC4)C2)ccc1F. The van der Waals surface area contributed by atoms with Crippen LogP contribution in [0.3, 0.4) is 0 Å². The Bertz CT molecular complexity index is 789. The minimum absolute atomic E-state index is 0.131. The highest BCUT2D eigenvalue weighted by atomic mass is 19.1. The molecular weight excluding hydrogens is 303 g/mol. The Labute approximate surface area is 141 Å². The molecule has 2 heterocycles. The number of rotatable bonds is 3. The standard InChI is InChI=1S/C19H21FN4/c20-17-6-5-14(9-15(17)10-21)11-23-8-7-16(12-23)24-13-22-18-3-1-2-4-19(18)24/h5-6,9,13,16H,1-4,7-8,11-12H2. The molecule has 2 aliphatic rings. The number of aromatic nitrogens is 2. The smallest absolute Gasteiger partial charge is 0.140 e. The fraction of sp³-hybridized carbons (Fsp3) is 0.474. The van der Waals surface area contributed by atoms with Gasteiger partial charge in [-0.3, -0.25) is 4.90 Å². The molecule has 0 spiro atoms. The van der Waals surface area contributed by atoms with Gasteiger partial charge in [-0.05, 0) is 49.8 Å². The number of halogens is 1. The van der Waals surface area contributed by atoms with E-state index in [2.05, 4.69) is 14.5 Å². The molecule has 4 nitrogen and oxygen atoms in total. The number of likely N-dealkylation sites (tertiary alicyclic amines) is 1. The lowest BCUT2D eigenvalue weighted by Gasteiger charge is -2.20. The number of hydrogen-bond donors (Lipinski definition) is 0. The van der Waals surface area contributed by atoms with Crippen molar-refractivity contribution in [1.82, 2.24) is 14.5 Å². The van der Waals surface area contributed by atoms with Gasteiger partial charge in [0.25, 0.3) is 0 Å². The van der Waals surface area contributed by atoms with Crippen LogP contribution in [-0.2, 0) is 19.4 Å². The third-order valence-corrected chi connectivity index (χ3v) is 5.26. The molecule has 0 amide bonds. The van der Waals surface area contributed by atoms with Gasteiger partial charge in [-0.25, -0.2) is 9.37 Å². The molecule has 1 aromatic carbocycles. The minimum Gasteiger partial charge on any atom is -0.330 e. The van der Waals surface area contributed by atoms with Gasteiger partial charge in [0.2, 0.25) is 0 Å². The Balaban J connectivity index is 1.45. The Morgan fingerprint density at radius 1 is 1.29 bits per heavy atom. The zero-order valence-corrected chi connectivity index (χ0v) is 13.7. The van der Waals surface area contributed by atoms with Crippen LogP contribution in [0.15, 0.2) is 24.5 Å². The summed E-state index contributed by atoms with van der Waals surface area (Å²) in [7, 11) is 0. The van der Waals surface area contributed by atoms with Gasteiger partial charge in [-0.2, -0.15) is 5.26 Å². The summed E-state index contributed by atoms with van der Waals surface area (Å²) in [6, 6.07) is 7.25. The second-order valence-corrected chi connectivity index (χ2v) is 6.86. The summed E-state index contributed by atoms with van der Waals surface area (Å²) in [4.78, 5) is 6.99. The van der Waals surface area contributed by atoms with E-state index in [1.165, 1.54) is 30.3 Å². The van der Waals surface area contributed by atoms with Gasteiger partial charge in [-0.15, -0.1) is 0 Å². The van der Waals surface area contributed by atoms with Crippen molar-refractivity contribution in [1.29, 1.82) is 5.26 Å². The Kier molecular flexibility index (Phi) is 4.07. The number of imidazole rings is 1. The van der Waals surface area contributed by atoms with E-state index in [4.69, 9.17) is 5.26 Å². The highest BCUT2D eigenvalue weighted by Crippen LogP contribution is 2.29. The van der Waals surface area contributed by atoms with Crippen molar-refractivity contribution >= 4 is 0 Å². The second-order valence-electron chi connectivity index (χ2n) is 6.86. The second kappa shape index (κ2) is 6.37. The molecule has 4 rings (SSSR count). The van der Waals surface area contributed by atoms with Crippen LogP contribution in [-0.4, -0.2) is 27.5 Å². The topological polar surface area (TPSA) is 44.9 Å². The molecule has 1 unspecified atom stereocenters. The molecule has 0 radical (unpaired) electrons. The first-order chi connectivity index (χ1) is 11.7. The molecule has 0 saturated carbocycles. The van der Waals surface area contributed by atoms with Crippen LogP contribution in [0.1, 0.15) is 47.8 Å². The molecule has 24 heavy (non-hydrogen) atoms. The van der Waals surface area contributed by atoms with Crippen LogP contribution in [0.25, 0.3) is 0 Å². The van der Waals surface area contributed by atoms with Crippen molar-refractivity contribution in [3.8, 4) is 6.07 Å². The quantitative estimate of drug-likeness (QED) is 0.871. The average Bonchev–Trinajstić information content (AvgIpc) is 3.23. The van der Waals surface area contributed by atoms with Gasteiger partial charge < -0.3 is 4.57 Å². The number of nitrogens with zero attached hydrogens (tertiary/aromatic N) is 4. The van der Waals surface area contributed by atoms with E-state index < -0.39 is 5.82 Å². The lowest BCUT2D eigenvalue weighted by molar-refractivity contribution is 0.314. The number of aryl methyl sites for hydroxylation is 1. The first-order valence-electron chi connectivity index (χ1n) is 8.70. The van der Waals surface area contributed by atoms with Crippen molar-refractivity contribution in [2.45, 2.75) is 44.7 Å². The lowest BCUT2D eigenvalue weighted by atomic mass is 10.0. The molecule has 0 bridgehead atoms. The number of nitriles is 1. The van der Waals surface area contributed by atoms with Crippen LogP contribution in [0.4, 0.5) is 4.39 Å². The van der Waals surface area contributed by atoms with Gasteiger partial charge in [0.05, 0.1) is 17.6 Å². The van der Waals surface area contributed by atoms with E-state index in [0.29, 0.717) is 6.04 Å². The van der Waals surface area contributed by atoms with E-state index in [1.807, 2.05) is 12.4 Å². The summed E-state index contributed by atoms with van der Waals surface area (Å²) < 4.78 is 15.8. The van der Waals surface area contributed by atoms with E-state index in [0.717, 1.165) is 44.5 Å². The third-order valence-electron chi connectivity index (χ3n) is 5.26. The molecule has 5 heteroatoms. The maximum Gasteiger partial charge on any atom is 0.140 e. The Hall–Kier alpha value is -2.19. The van der Waals surface area contributed by atoms with Gasteiger partial charge in [-0.1, -0.05) is 6.07 Å². The van der Waals surface area contributed by atoms with Crippen LogP contribution in [0.2, 0.25) is 0 Å². The molecule has 1 saturated heterocycles. The summed E-state index contributed by atoms with van der Waals surface area (Å²) in [5.41, 5.74) is 3.85. The maximum atomic E-state index is 13.4. The molecule has 1 atom stereocenters. The lowest BCUT2D eigenvalue weighted by Crippen LogP contribution is -2.22. The van der Waals surface area contributed by atoms with Gasteiger partial charge in [0, 0.05) is 31.4 Å². The monoisotopic (exact) mass is 324 g/mol. The van der Waals surface area contributed by atoms with E-state index in [9.17, 15) is 4.39 Å². The first kappa shape index (κ1) is 15.3. The van der Waals surface area contributed by atoms with Crippen molar-refractivity contribution in [3.05, 3.63) is 52.9 Å². The summed E-state index contributed by atoms with van der Waals surface area (Å²) in [6.45, 7) is 2.78. The summed E-state index contributed by atoms with van der Waals surface area (Å²) in [5, 5.41) is 8.97. The highest BCUT2D eigenvalue weighted by molar-refractivity contribution is 5.34. The maximum absolute atomic E-state index is 13.4. The van der Waals surface area contributed by atoms with Crippen LogP contribution in [0.5, 0.6) is 0 Å². The van der Waals surface area contributed by atoms with Crippen LogP contribution >= 0.6 is 0 Å². The summed E-state index contributed by atoms with van der Waals surface area (Å²) in [6.07, 6.45) is 7.93. The number of hydrogen-bond acceptors (Lipinski definition) is 3. The molecule has 124 valence electrons. The van der Waals surface area contributed by atoms with Crippen LogP contribution < -0.4 is 0 Å². The predicted molar refractivity (Wildman–Crippen MR) is 88.9 cm³/mol. The number of benzene rings is 1. The summed E-state index contributed by atoms with van der Waals surface area (Å²) in [5.74, 6) is -0.439. The minimum atomic E-state index is -0.439. The van der Waals surface area contributed by atoms with Gasteiger partial charge in [0.15, 0.2) is 0 Å². The molecule has 2 aromatic rings. The molecule has 1 aliphatic heterocycles. The average molecular weight is 324 g/mol. The Morgan fingerprint density at radius 2 is 2.17 bits per heavy atom. The Morgan fingerprint density at radius 3 is 3.04 bits per heavy atom. The third kappa shape index (κ3) is 2.83. The van der Waals surface area contributed by atoms with Crippen LogP contribution in [0, 0.1) is 17.1 Å². The fourth-order valence-corrected chi connectivity index (χ4v) is 4.00. The molecule has 0 N–H and O–H groups in total. The molecular formula is C19H21FN4. The number of fused-ring (bicyclic) bond motifs is 1. The van der Waals surface area contributed by atoms with Crippen molar-refractivity contribution in [3.63, 3.8) is 0 Å². The first-order valence-corrected chi connectivity index (χ1v) is 8.70. The van der Waals surface area contributed by atoms with Gasteiger partial charge in [0.1, 0.15) is 11.9 Å². The zero-order valence-electron chi connectivity index (χ0n) is 13.7. The fourth-order valence-electron chi connectivity index (χ4n) is 4.00. The predicted octanol–water partition coefficient (Wildman–Crippen LogP) is 3.22. The van der Waals surface area contributed by atoms with Crippen molar-refractivity contribution in [2.24, 2.45) is 0 Å². The van der Waals surface area contributed by atoms with E-state index >= 15 is 0 Å². The van der Waals surface area contributed by atoms with Crippen molar-refractivity contribution < 1.29 is 4.39 Å². The van der Waals surface area contributed by atoms with E-state index in [-0.39, 0.29) is 5.56 Å². The largest absolute Gasteiger partial charge is 0.330 e.